The number of amides is 1. The normalized spacial score (nSPS) is 17.1. The zero-order valence-corrected chi connectivity index (χ0v) is 15.2. The summed E-state index contributed by atoms with van der Waals surface area (Å²) in [7, 11) is -3.38. The lowest BCUT2D eigenvalue weighted by Gasteiger charge is -2.20. The van der Waals surface area contributed by atoms with Crippen LogP contribution in [0.15, 0.2) is 53.6 Å². The number of rotatable bonds is 4. The topological polar surface area (TPSA) is 99.1 Å². The number of nitrogens with one attached hydrogen (secondary N) is 1. The molecule has 1 aliphatic heterocycles. The van der Waals surface area contributed by atoms with Gasteiger partial charge < -0.3 is 5.11 Å². The lowest BCUT2D eigenvalue weighted by molar-refractivity contribution is -0.130. The summed E-state index contributed by atoms with van der Waals surface area (Å²) in [5.74, 6) is -0.0368. The van der Waals surface area contributed by atoms with Crippen molar-refractivity contribution in [1.29, 1.82) is 0 Å². The van der Waals surface area contributed by atoms with Crippen LogP contribution in [0.25, 0.3) is 0 Å². The Hall–Kier alpha value is -2.87. The van der Waals surface area contributed by atoms with Gasteiger partial charge in [0, 0.05) is 19.0 Å². The van der Waals surface area contributed by atoms with Gasteiger partial charge in [0.25, 0.3) is 0 Å². The zero-order valence-electron chi connectivity index (χ0n) is 14.4. The fourth-order valence-electron chi connectivity index (χ4n) is 2.91. The molecule has 0 aromatic heterocycles. The van der Waals surface area contributed by atoms with Crippen molar-refractivity contribution in [2.24, 2.45) is 5.10 Å². The van der Waals surface area contributed by atoms with E-state index < -0.39 is 10.0 Å². The second-order valence-corrected chi connectivity index (χ2v) is 7.93. The maximum Gasteiger partial charge on any atom is 0.240 e. The molecule has 0 bridgehead atoms. The quantitative estimate of drug-likeness (QED) is 0.860. The van der Waals surface area contributed by atoms with Crippen molar-refractivity contribution in [2.45, 2.75) is 19.4 Å². The molecule has 0 spiro atoms. The zero-order chi connectivity index (χ0) is 18.9. The summed E-state index contributed by atoms with van der Waals surface area (Å²) in [5.41, 5.74) is 2.74. The van der Waals surface area contributed by atoms with E-state index in [1.807, 2.05) is 6.07 Å². The van der Waals surface area contributed by atoms with Crippen molar-refractivity contribution < 1.29 is 18.3 Å². The van der Waals surface area contributed by atoms with Gasteiger partial charge in [-0.1, -0.05) is 24.3 Å². The van der Waals surface area contributed by atoms with Gasteiger partial charge in [-0.05, 0) is 35.4 Å². The first kappa shape index (κ1) is 17.9. The van der Waals surface area contributed by atoms with Crippen LogP contribution in [0.5, 0.6) is 5.75 Å². The van der Waals surface area contributed by atoms with Crippen LogP contribution in [0.1, 0.15) is 30.5 Å². The van der Waals surface area contributed by atoms with Crippen LogP contribution in [0, 0.1) is 0 Å². The van der Waals surface area contributed by atoms with Gasteiger partial charge in [-0.25, -0.2) is 13.4 Å². The van der Waals surface area contributed by atoms with Gasteiger partial charge in [-0.15, -0.1) is 0 Å². The van der Waals surface area contributed by atoms with Gasteiger partial charge in [0.2, 0.25) is 15.9 Å². The summed E-state index contributed by atoms with van der Waals surface area (Å²) < 4.78 is 25.3. The molecule has 0 fully saturated rings. The van der Waals surface area contributed by atoms with Crippen molar-refractivity contribution in [3.63, 3.8) is 0 Å². The summed E-state index contributed by atoms with van der Waals surface area (Å²) in [6.07, 6.45) is 1.58. The summed E-state index contributed by atoms with van der Waals surface area (Å²) in [5, 5.41) is 15.3. The number of nitrogens with zero attached hydrogens (tertiary/aromatic N) is 2. The van der Waals surface area contributed by atoms with Crippen LogP contribution in [-0.2, 0) is 14.8 Å². The van der Waals surface area contributed by atoms with Crippen LogP contribution >= 0.6 is 0 Å². The van der Waals surface area contributed by atoms with Crippen LogP contribution in [-0.4, -0.2) is 36.4 Å². The number of sulfonamides is 1. The molecule has 0 aliphatic carbocycles. The number of hydrogen-bond donors (Lipinski definition) is 2. The van der Waals surface area contributed by atoms with Crippen LogP contribution in [0.2, 0.25) is 0 Å². The molecule has 0 saturated carbocycles. The molecule has 1 amide bonds. The Morgan fingerprint density at radius 1 is 1.23 bits per heavy atom. The predicted molar refractivity (Wildman–Crippen MR) is 99.4 cm³/mol. The highest BCUT2D eigenvalue weighted by molar-refractivity contribution is 7.92. The van der Waals surface area contributed by atoms with Crippen LogP contribution in [0.3, 0.4) is 0 Å². The lowest BCUT2D eigenvalue weighted by atomic mass is 9.98. The summed E-state index contributed by atoms with van der Waals surface area (Å²) in [4.78, 5) is 12.0. The molecule has 26 heavy (non-hydrogen) atoms. The monoisotopic (exact) mass is 373 g/mol. The first-order valence-electron chi connectivity index (χ1n) is 7.97. The molecule has 2 N–H and O–H groups in total. The maximum atomic E-state index is 12.0. The van der Waals surface area contributed by atoms with E-state index in [0.29, 0.717) is 17.8 Å². The minimum atomic E-state index is -3.38. The van der Waals surface area contributed by atoms with E-state index in [4.69, 9.17) is 0 Å². The highest BCUT2D eigenvalue weighted by Gasteiger charge is 2.31. The molecule has 3 rings (SSSR count). The third-order valence-corrected chi connectivity index (χ3v) is 4.62. The molecule has 2 aromatic carbocycles. The van der Waals surface area contributed by atoms with Crippen molar-refractivity contribution in [2.75, 3.05) is 11.0 Å². The highest BCUT2D eigenvalue weighted by atomic mass is 32.2. The largest absolute Gasteiger partial charge is 0.508 e. The minimum absolute atomic E-state index is 0.154. The van der Waals surface area contributed by atoms with Crippen LogP contribution < -0.4 is 4.72 Å². The lowest BCUT2D eigenvalue weighted by Crippen LogP contribution is -2.24. The molecule has 0 saturated heterocycles. The number of hydrazone groups is 1. The molecular weight excluding hydrogens is 354 g/mol. The third kappa shape index (κ3) is 4.02. The molecule has 1 heterocycles. The molecule has 8 heteroatoms. The number of phenolic OH excluding ortho intramolecular Hbond substituents is 1. The van der Waals surface area contributed by atoms with Gasteiger partial charge in [0.1, 0.15) is 5.75 Å². The highest BCUT2D eigenvalue weighted by Crippen LogP contribution is 2.33. The molecule has 136 valence electrons. The van der Waals surface area contributed by atoms with E-state index in [1.54, 1.807) is 42.5 Å². The summed E-state index contributed by atoms with van der Waals surface area (Å²) in [6, 6.07) is 13.3. The second kappa shape index (κ2) is 6.80. The average Bonchev–Trinajstić information content (AvgIpc) is 3.00. The van der Waals surface area contributed by atoms with E-state index >= 15 is 0 Å². The number of phenols is 1. The van der Waals surface area contributed by atoms with E-state index in [1.165, 1.54) is 11.9 Å². The fourth-order valence-corrected chi connectivity index (χ4v) is 3.46. The average molecular weight is 373 g/mol. The van der Waals surface area contributed by atoms with Gasteiger partial charge in [-0.3, -0.25) is 9.52 Å². The molecule has 1 atom stereocenters. The number of carbonyl (C=O) groups is 1. The Labute approximate surface area is 152 Å². The summed E-state index contributed by atoms with van der Waals surface area (Å²) >= 11 is 0. The Kier molecular flexibility index (Phi) is 4.69. The Morgan fingerprint density at radius 2 is 1.92 bits per heavy atom. The number of benzene rings is 2. The second-order valence-electron chi connectivity index (χ2n) is 6.18. The fraction of sp³-hybridized carbons (Fsp3) is 0.222. The van der Waals surface area contributed by atoms with E-state index in [9.17, 15) is 18.3 Å². The number of aromatic hydroxyl groups is 1. The molecule has 0 radical (unpaired) electrons. The van der Waals surface area contributed by atoms with Gasteiger partial charge in [0.15, 0.2) is 0 Å². The standard InChI is InChI=1S/C18H19N3O4S/c1-12(22)21-18(13-6-8-16(23)9-7-13)11-17(19-21)14-4-3-5-15(10-14)20-26(2,24)25/h3-10,18,20,23H,11H2,1-2H3. The minimum Gasteiger partial charge on any atom is -0.508 e. The van der Waals surface area contributed by atoms with E-state index in [-0.39, 0.29) is 17.7 Å². The number of carbonyl (C=O) groups excluding carboxylic acids is 1. The molecule has 2 aromatic rings. The van der Waals surface area contributed by atoms with Crippen molar-refractivity contribution in [3.8, 4) is 5.75 Å². The van der Waals surface area contributed by atoms with Gasteiger partial charge in [-0.2, -0.15) is 5.10 Å². The first-order valence-corrected chi connectivity index (χ1v) is 9.86. The SMILES string of the molecule is CC(=O)N1N=C(c2cccc(NS(C)(=O)=O)c2)CC1c1ccc(O)cc1. The van der Waals surface area contributed by atoms with Crippen LogP contribution in [0.4, 0.5) is 5.69 Å². The molecule has 7 nitrogen and oxygen atoms in total. The molecule has 1 aliphatic rings. The Balaban J connectivity index is 1.91. The first-order chi connectivity index (χ1) is 12.2. The van der Waals surface area contributed by atoms with Gasteiger partial charge >= 0.3 is 0 Å². The molecule has 1 unspecified atom stereocenters. The number of anilines is 1. The Bertz CT molecular complexity index is 968. The van der Waals surface area contributed by atoms with E-state index in [2.05, 4.69) is 9.82 Å². The molecular formula is C18H19N3O4S. The maximum absolute atomic E-state index is 12.0. The van der Waals surface area contributed by atoms with Crippen molar-refractivity contribution >= 4 is 27.3 Å². The van der Waals surface area contributed by atoms with Gasteiger partial charge in [0.05, 0.1) is 18.0 Å². The van der Waals surface area contributed by atoms with Crippen molar-refractivity contribution in [3.05, 3.63) is 59.7 Å². The summed E-state index contributed by atoms with van der Waals surface area (Å²) in [6.45, 7) is 1.45. The smallest absolute Gasteiger partial charge is 0.240 e. The predicted octanol–water partition coefficient (Wildman–Crippen LogP) is 2.46. The Morgan fingerprint density at radius 3 is 2.54 bits per heavy atom. The third-order valence-electron chi connectivity index (χ3n) is 4.01. The van der Waals surface area contributed by atoms with Crippen molar-refractivity contribution in [1.82, 2.24) is 5.01 Å². The number of hydrogen-bond acceptors (Lipinski definition) is 5. The van der Waals surface area contributed by atoms with E-state index in [0.717, 1.165) is 17.4 Å².